The summed E-state index contributed by atoms with van der Waals surface area (Å²) in [6.45, 7) is 20.4. The summed E-state index contributed by atoms with van der Waals surface area (Å²) in [5.74, 6) is -1.42. The number of rotatable bonds is 30. The summed E-state index contributed by atoms with van der Waals surface area (Å²) < 4.78 is 32.5. The molecular formula is C41H59N5O8S. The molecule has 2 aromatic rings. The molecule has 0 aliphatic carbocycles. The minimum Gasteiger partial charge on any atom is -0.469 e. The summed E-state index contributed by atoms with van der Waals surface area (Å²) in [4.78, 5) is 30.6. The molecule has 1 aromatic heterocycles. The van der Waals surface area contributed by atoms with E-state index in [0.29, 0.717) is 86.0 Å². The zero-order valence-electron chi connectivity index (χ0n) is 33.3. The van der Waals surface area contributed by atoms with Gasteiger partial charge in [0.25, 0.3) is 0 Å². The molecule has 302 valence electrons. The van der Waals surface area contributed by atoms with Gasteiger partial charge in [0.05, 0.1) is 89.4 Å². The normalized spacial score (nSPS) is 11.8. The van der Waals surface area contributed by atoms with Gasteiger partial charge in [0.15, 0.2) is 0 Å². The van der Waals surface area contributed by atoms with Crippen molar-refractivity contribution in [2.45, 2.75) is 79.1 Å². The van der Waals surface area contributed by atoms with Crippen LogP contribution in [0.15, 0.2) is 40.6 Å². The van der Waals surface area contributed by atoms with Crippen LogP contribution in [0.1, 0.15) is 81.2 Å². The zero-order valence-corrected chi connectivity index (χ0v) is 34.1. The first kappa shape index (κ1) is 47.0. The molecule has 0 spiro atoms. The van der Waals surface area contributed by atoms with Crippen LogP contribution in [-0.2, 0) is 38.0 Å². The van der Waals surface area contributed by atoms with Gasteiger partial charge in [-0.25, -0.2) is 4.85 Å². The molecule has 0 fully saturated rings. The lowest BCUT2D eigenvalue weighted by molar-refractivity contribution is -0.154. The first-order valence-electron chi connectivity index (χ1n) is 19.2. The highest BCUT2D eigenvalue weighted by Gasteiger charge is 2.22. The van der Waals surface area contributed by atoms with Crippen LogP contribution in [0.4, 0.5) is 22.1 Å². The number of anilines is 1. The van der Waals surface area contributed by atoms with Crippen LogP contribution in [-0.4, -0.2) is 91.6 Å². The van der Waals surface area contributed by atoms with Crippen molar-refractivity contribution in [3.63, 3.8) is 0 Å². The molecule has 0 saturated heterocycles. The molecule has 0 N–H and O–H groups in total. The number of hydrogen-bond donors (Lipinski definition) is 0. The zero-order chi connectivity index (χ0) is 40.1. The van der Waals surface area contributed by atoms with E-state index in [0.717, 1.165) is 30.6 Å². The number of methoxy groups -OCH3 is 1. The fourth-order valence-corrected chi connectivity index (χ4v) is 6.26. The summed E-state index contributed by atoms with van der Waals surface area (Å²) in [5.41, 5.74) is 3.72. The summed E-state index contributed by atoms with van der Waals surface area (Å²) >= 11 is 1.18. The number of esters is 2. The van der Waals surface area contributed by atoms with Crippen LogP contribution in [0, 0.1) is 37.7 Å². The van der Waals surface area contributed by atoms with Crippen molar-refractivity contribution in [1.29, 1.82) is 5.26 Å². The predicted octanol–water partition coefficient (Wildman–Crippen LogP) is 9.12. The molecule has 1 atom stereocenters. The number of likely N-dealkylation sites (N-methyl/N-ethyl adjacent to an activating group) is 1. The van der Waals surface area contributed by atoms with Crippen molar-refractivity contribution < 1.29 is 38.0 Å². The van der Waals surface area contributed by atoms with Crippen LogP contribution in [0.5, 0.6) is 0 Å². The molecule has 0 bridgehead atoms. The largest absolute Gasteiger partial charge is 0.469 e. The molecule has 0 amide bonds. The molecule has 2 rings (SSSR count). The van der Waals surface area contributed by atoms with Crippen LogP contribution in [0.3, 0.4) is 0 Å². The number of carbonyl (C=O) groups excluding carboxylic acids is 2. The fourth-order valence-electron chi connectivity index (χ4n) is 5.40. The lowest BCUT2D eigenvalue weighted by Crippen LogP contribution is -2.27. The maximum atomic E-state index is 12.3. The van der Waals surface area contributed by atoms with Crippen LogP contribution >= 0.6 is 11.3 Å². The molecule has 14 heteroatoms. The molecule has 0 aliphatic rings. The number of aryl methyl sites for hydroxylation is 1. The number of hydrogen-bond acceptors (Lipinski definition) is 13. The number of nitrogens with zero attached hydrogens (tertiary/aromatic N) is 5. The van der Waals surface area contributed by atoms with Crippen LogP contribution in [0.25, 0.3) is 4.85 Å². The van der Waals surface area contributed by atoms with E-state index in [1.807, 2.05) is 25.1 Å². The third kappa shape index (κ3) is 18.8. The van der Waals surface area contributed by atoms with Gasteiger partial charge < -0.3 is 33.3 Å². The number of benzene rings is 1. The van der Waals surface area contributed by atoms with Gasteiger partial charge >= 0.3 is 11.9 Å². The number of unbranched alkanes of at least 4 members (excludes halogenated alkanes) is 5. The molecule has 0 aliphatic heterocycles. The Bertz CT molecular complexity index is 1560. The van der Waals surface area contributed by atoms with E-state index in [1.54, 1.807) is 6.92 Å². The van der Waals surface area contributed by atoms with Gasteiger partial charge in [0, 0.05) is 18.8 Å². The van der Waals surface area contributed by atoms with Gasteiger partial charge in [-0.3, -0.25) is 9.59 Å². The van der Waals surface area contributed by atoms with Crippen molar-refractivity contribution in [1.82, 2.24) is 0 Å². The molecule has 13 nitrogen and oxygen atoms in total. The van der Waals surface area contributed by atoms with Crippen molar-refractivity contribution >= 4 is 45.3 Å². The van der Waals surface area contributed by atoms with Crippen molar-refractivity contribution in [3.8, 4) is 6.07 Å². The summed E-state index contributed by atoms with van der Waals surface area (Å²) in [6.07, 6.45) is 11.5. The second-order valence-electron chi connectivity index (χ2n) is 12.7. The number of azo groups is 1. The highest BCUT2D eigenvalue weighted by atomic mass is 32.1. The standard InChI is InChI=1S/C41H59N5O8S/c1-7-9-10-11-12-13-14-15-16-34(41(48)49-6)30-38(47)54-28-27-53-26-25-52-24-23-51-22-21-50-20-19-46(8-2)35-17-18-36(32(3)29-35)44-45-40-39(43-5)33(4)37(31-42)55-40/h14-15,17-18,29,34H,7-13,16,19-28,30H2,1-4,6H3/b15-14+,45-44?. The number of nitriles is 1. The number of carbonyl (C=O) groups is 2. The topological polar surface area (TPSA) is 146 Å². The minimum atomic E-state index is -0.556. The average Bonchev–Trinajstić information content (AvgIpc) is 3.51. The molecule has 55 heavy (non-hydrogen) atoms. The van der Waals surface area contributed by atoms with Gasteiger partial charge in [-0.05, 0) is 69.4 Å². The maximum Gasteiger partial charge on any atom is 0.309 e. The van der Waals surface area contributed by atoms with Gasteiger partial charge in [-0.2, -0.15) is 15.5 Å². The third-order valence-corrected chi connectivity index (χ3v) is 9.68. The molecule has 1 unspecified atom stereocenters. The first-order chi connectivity index (χ1) is 26.8. The highest BCUT2D eigenvalue weighted by molar-refractivity contribution is 7.17. The Kier molecular flexibility index (Phi) is 24.9. The number of ether oxygens (including phenoxy) is 6. The van der Waals surface area contributed by atoms with Gasteiger partial charge in [-0.1, -0.05) is 44.8 Å². The second-order valence-corrected chi connectivity index (χ2v) is 13.7. The molecule has 1 aromatic carbocycles. The monoisotopic (exact) mass is 781 g/mol. The quantitative estimate of drug-likeness (QED) is 0.0247. The van der Waals surface area contributed by atoms with E-state index < -0.39 is 17.9 Å². The highest BCUT2D eigenvalue weighted by Crippen LogP contribution is 2.42. The Labute approximate surface area is 331 Å². The van der Waals surface area contributed by atoms with E-state index in [2.05, 4.69) is 52.0 Å². The van der Waals surface area contributed by atoms with E-state index in [-0.39, 0.29) is 19.6 Å². The Morgan fingerprint density at radius 1 is 0.927 bits per heavy atom. The Balaban J connectivity index is 1.51. The van der Waals surface area contributed by atoms with Crippen LogP contribution < -0.4 is 4.90 Å². The molecule has 0 radical (unpaired) electrons. The summed E-state index contributed by atoms with van der Waals surface area (Å²) in [5, 5.41) is 18.4. The smallest absolute Gasteiger partial charge is 0.309 e. The van der Waals surface area contributed by atoms with Gasteiger partial charge in [0.1, 0.15) is 17.7 Å². The maximum absolute atomic E-state index is 12.3. The Hall–Kier alpha value is -4.18. The Morgan fingerprint density at radius 2 is 1.58 bits per heavy atom. The lowest BCUT2D eigenvalue weighted by atomic mass is 10.0. The third-order valence-electron chi connectivity index (χ3n) is 8.61. The Morgan fingerprint density at radius 3 is 2.18 bits per heavy atom. The second kappa shape index (κ2) is 29.2. The molecule has 0 saturated carbocycles. The molecule has 1 heterocycles. The lowest BCUT2D eigenvalue weighted by Gasteiger charge is -2.23. The van der Waals surface area contributed by atoms with E-state index in [1.165, 1.54) is 44.1 Å². The van der Waals surface area contributed by atoms with E-state index in [4.69, 9.17) is 35.0 Å². The van der Waals surface area contributed by atoms with Gasteiger partial charge in [-0.15, -0.1) is 11.3 Å². The van der Waals surface area contributed by atoms with E-state index in [9.17, 15) is 14.9 Å². The predicted molar refractivity (Wildman–Crippen MR) is 215 cm³/mol. The van der Waals surface area contributed by atoms with E-state index >= 15 is 0 Å². The number of thiophene rings is 1. The minimum absolute atomic E-state index is 0.0277. The van der Waals surface area contributed by atoms with Crippen molar-refractivity contribution in [3.05, 3.63) is 57.8 Å². The summed E-state index contributed by atoms with van der Waals surface area (Å²) in [6, 6.07) is 8.06. The fraction of sp³-hybridized carbons (Fsp3) is 0.610. The van der Waals surface area contributed by atoms with Crippen molar-refractivity contribution in [2.75, 3.05) is 84.6 Å². The van der Waals surface area contributed by atoms with Crippen molar-refractivity contribution in [2.24, 2.45) is 16.1 Å². The first-order valence-corrected chi connectivity index (χ1v) is 20.0. The average molecular weight is 782 g/mol. The summed E-state index contributed by atoms with van der Waals surface area (Å²) in [7, 11) is 1.33. The van der Waals surface area contributed by atoms with Crippen LogP contribution in [0.2, 0.25) is 0 Å². The van der Waals surface area contributed by atoms with Gasteiger partial charge in [0.2, 0.25) is 5.69 Å². The SMILES string of the molecule is [C-]#[N+]c1c(N=Nc2ccc(N(CC)CCOCCOCCOCCOCCOC(=O)CC(C/C=C/CCCCCCC)C(=O)OC)cc2C)sc(C#N)c1C. The molecular weight excluding hydrogens is 723 g/mol. The number of allylic oxidation sites excluding steroid dienone is 2.